The zero-order valence-electron chi connectivity index (χ0n) is 17.3. The highest BCUT2D eigenvalue weighted by atomic mass is 19.1. The van der Waals surface area contributed by atoms with Gasteiger partial charge in [-0.1, -0.05) is 30.3 Å². The van der Waals surface area contributed by atoms with Gasteiger partial charge in [0.2, 0.25) is 5.91 Å². The largest absolute Gasteiger partial charge is 0.349 e. The predicted molar refractivity (Wildman–Crippen MR) is 114 cm³/mol. The fourth-order valence-corrected chi connectivity index (χ4v) is 4.70. The van der Waals surface area contributed by atoms with E-state index < -0.39 is 0 Å². The second-order valence-electron chi connectivity index (χ2n) is 8.67. The van der Waals surface area contributed by atoms with Crippen LogP contribution >= 0.6 is 0 Å². The summed E-state index contributed by atoms with van der Waals surface area (Å²) < 4.78 is 13.1. The van der Waals surface area contributed by atoms with Crippen molar-refractivity contribution < 1.29 is 9.18 Å². The Bertz CT molecular complexity index is 848. The number of likely N-dealkylation sites (tertiary alicyclic amines) is 1. The lowest BCUT2D eigenvalue weighted by Gasteiger charge is -2.32. The van der Waals surface area contributed by atoms with Gasteiger partial charge in [0.25, 0.3) is 0 Å². The van der Waals surface area contributed by atoms with Gasteiger partial charge in [0.15, 0.2) is 0 Å². The van der Waals surface area contributed by atoms with Gasteiger partial charge in [-0.15, -0.1) is 0 Å². The second kappa shape index (κ2) is 9.08. The van der Waals surface area contributed by atoms with Gasteiger partial charge in [0.05, 0.1) is 12.0 Å². The number of hydrogen-bond acceptors (Lipinski definition) is 2. The molecular formula is C25H31FN2O. The van der Waals surface area contributed by atoms with E-state index in [0.717, 1.165) is 44.5 Å². The van der Waals surface area contributed by atoms with Crippen molar-refractivity contribution in [2.24, 2.45) is 5.92 Å². The number of carbonyl (C=O) groups is 1. The van der Waals surface area contributed by atoms with Crippen molar-refractivity contribution in [3.63, 3.8) is 0 Å². The van der Waals surface area contributed by atoms with Gasteiger partial charge in [-0.3, -0.25) is 9.69 Å². The number of amides is 1. The summed E-state index contributed by atoms with van der Waals surface area (Å²) in [6.45, 7) is 4.60. The molecule has 2 aromatic rings. The SMILES string of the molecule is C[C@H](NC(=O)[C@H]1CCCN(Cc2ccc(F)cc2)C1)c1ccc2c(c1)CCCC2. The molecule has 0 aromatic heterocycles. The zero-order chi connectivity index (χ0) is 20.2. The van der Waals surface area contributed by atoms with Gasteiger partial charge in [-0.05, 0) is 86.4 Å². The molecule has 0 bridgehead atoms. The highest BCUT2D eigenvalue weighted by molar-refractivity contribution is 5.79. The lowest BCUT2D eigenvalue weighted by atomic mass is 9.89. The van der Waals surface area contributed by atoms with E-state index in [1.807, 2.05) is 12.1 Å². The first-order chi connectivity index (χ1) is 14.1. The number of hydrogen-bond donors (Lipinski definition) is 1. The number of halogens is 1. The maximum Gasteiger partial charge on any atom is 0.224 e. The van der Waals surface area contributed by atoms with Crippen LogP contribution in [-0.4, -0.2) is 23.9 Å². The van der Waals surface area contributed by atoms with Crippen LogP contribution in [0.1, 0.15) is 60.9 Å². The van der Waals surface area contributed by atoms with E-state index in [9.17, 15) is 9.18 Å². The van der Waals surface area contributed by atoms with E-state index in [1.165, 1.54) is 48.1 Å². The summed E-state index contributed by atoms with van der Waals surface area (Å²) in [5.41, 5.74) is 5.23. The Morgan fingerprint density at radius 3 is 2.66 bits per heavy atom. The monoisotopic (exact) mass is 394 g/mol. The van der Waals surface area contributed by atoms with Crippen molar-refractivity contribution >= 4 is 5.91 Å². The van der Waals surface area contributed by atoms with Crippen LogP contribution in [-0.2, 0) is 24.2 Å². The van der Waals surface area contributed by atoms with Gasteiger partial charge in [0, 0.05) is 13.1 Å². The Morgan fingerprint density at radius 2 is 1.86 bits per heavy atom. The summed E-state index contributed by atoms with van der Waals surface area (Å²) >= 11 is 0. The number of nitrogens with one attached hydrogen (secondary N) is 1. The van der Waals surface area contributed by atoms with Gasteiger partial charge in [0.1, 0.15) is 5.82 Å². The third-order valence-corrected chi connectivity index (χ3v) is 6.43. The van der Waals surface area contributed by atoms with Crippen LogP contribution in [0.3, 0.4) is 0 Å². The van der Waals surface area contributed by atoms with Crippen LogP contribution in [0.2, 0.25) is 0 Å². The molecule has 1 aliphatic carbocycles. The number of fused-ring (bicyclic) bond motifs is 1. The van der Waals surface area contributed by atoms with E-state index in [2.05, 4.69) is 35.3 Å². The first kappa shape index (κ1) is 20.1. The minimum atomic E-state index is -0.208. The fraction of sp³-hybridized carbons (Fsp3) is 0.480. The average molecular weight is 395 g/mol. The maximum absolute atomic E-state index is 13.1. The summed E-state index contributed by atoms with van der Waals surface area (Å²) in [5.74, 6) is -0.0379. The minimum Gasteiger partial charge on any atom is -0.349 e. The topological polar surface area (TPSA) is 32.3 Å². The van der Waals surface area contributed by atoms with Crippen molar-refractivity contribution in [3.8, 4) is 0 Å². The van der Waals surface area contributed by atoms with Gasteiger partial charge in [-0.25, -0.2) is 4.39 Å². The molecule has 4 heteroatoms. The molecule has 0 unspecified atom stereocenters. The number of benzene rings is 2. The summed E-state index contributed by atoms with van der Waals surface area (Å²) in [6, 6.07) is 13.4. The Morgan fingerprint density at radius 1 is 1.10 bits per heavy atom. The molecule has 3 nitrogen and oxygen atoms in total. The minimum absolute atomic E-state index is 0.0178. The van der Waals surface area contributed by atoms with Crippen LogP contribution in [0, 0.1) is 11.7 Å². The normalized spacial score (nSPS) is 20.7. The smallest absolute Gasteiger partial charge is 0.224 e. The highest BCUT2D eigenvalue weighted by Crippen LogP contribution is 2.26. The molecule has 0 spiro atoms. The van der Waals surface area contributed by atoms with Crippen LogP contribution in [0.5, 0.6) is 0 Å². The van der Waals surface area contributed by atoms with Crippen molar-refractivity contribution in [1.29, 1.82) is 0 Å². The van der Waals surface area contributed by atoms with E-state index in [-0.39, 0.29) is 23.7 Å². The number of carbonyl (C=O) groups excluding carboxylic acids is 1. The number of nitrogens with zero attached hydrogens (tertiary/aromatic N) is 1. The number of rotatable bonds is 5. The van der Waals surface area contributed by atoms with E-state index in [1.54, 1.807) is 0 Å². The van der Waals surface area contributed by atoms with Gasteiger partial charge in [-0.2, -0.15) is 0 Å². The number of aryl methyl sites for hydroxylation is 2. The highest BCUT2D eigenvalue weighted by Gasteiger charge is 2.27. The Kier molecular flexibility index (Phi) is 6.29. The van der Waals surface area contributed by atoms with Crippen molar-refractivity contribution in [1.82, 2.24) is 10.2 Å². The number of piperidine rings is 1. The summed E-state index contributed by atoms with van der Waals surface area (Å²) in [7, 11) is 0. The second-order valence-corrected chi connectivity index (χ2v) is 8.67. The van der Waals surface area contributed by atoms with Crippen LogP contribution in [0.25, 0.3) is 0 Å². The van der Waals surface area contributed by atoms with Crippen molar-refractivity contribution in [3.05, 3.63) is 70.5 Å². The molecule has 29 heavy (non-hydrogen) atoms. The van der Waals surface area contributed by atoms with Crippen LogP contribution < -0.4 is 5.32 Å². The molecule has 1 aliphatic heterocycles. The van der Waals surface area contributed by atoms with Crippen LogP contribution in [0.15, 0.2) is 42.5 Å². The molecule has 1 fully saturated rings. The molecule has 1 saturated heterocycles. The van der Waals surface area contributed by atoms with Gasteiger partial charge >= 0.3 is 0 Å². The lowest BCUT2D eigenvalue weighted by Crippen LogP contribution is -2.43. The molecule has 2 atom stereocenters. The molecule has 2 aromatic carbocycles. The van der Waals surface area contributed by atoms with E-state index in [4.69, 9.17) is 0 Å². The maximum atomic E-state index is 13.1. The van der Waals surface area contributed by atoms with Gasteiger partial charge < -0.3 is 5.32 Å². The molecule has 154 valence electrons. The summed E-state index contributed by atoms with van der Waals surface area (Å²) in [4.78, 5) is 15.2. The predicted octanol–water partition coefficient (Wildman–Crippen LogP) is 4.79. The molecule has 4 rings (SSSR count). The first-order valence-corrected chi connectivity index (χ1v) is 11.0. The Labute approximate surface area is 173 Å². The zero-order valence-corrected chi connectivity index (χ0v) is 17.3. The third-order valence-electron chi connectivity index (χ3n) is 6.43. The lowest BCUT2D eigenvalue weighted by molar-refractivity contribution is -0.127. The quantitative estimate of drug-likeness (QED) is 0.790. The summed E-state index contributed by atoms with van der Waals surface area (Å²) in [5, 5.41) is 3.25. The van der Waals surface area contributed by atoms with Crippen molar-refractivity contribution in [2.75, 3.05) is 13.1 Å². The molecular weight excluding hydrogens is 363 g/mol. The molecule has 2 aliphatic rings. The van der Waals surface area contributed by atoms with Crippen LogP contribution in [0.4, 0.5) is 4.39 Å². The molecule has 1 N–H and O–H groups in total. The average Bonchev–Trinajstić information content (AvgIpc) is 2.75. The van der Waals surface area contributed by atoms with E-state index >= 15 is 0 Å². The third kappa shape index (κ3) is 5.05. The molecule has 0 saturated carbocycles. The van der Waals surface area contributed by atoms with Crippen molar-refractivity contribution in [2.45, 2.75) is 58.0 Å². The fourth-order valence-electron chi connectivity index (χ4n) is 4.70. The molecule has 1 amide bonds. The Balaban J connectivity index is 1.34. The summed E-state index contributed by atoms with van der Waals surface area (Å²) in [6.07, 6.45) is 6.85. The first-order valence-electron chi connectivity index (χ1n) is 11.0. The molecule has 1 heterocycles. The van der Waals surface area contributed by atoms with E-state index in [0.29, 0.717) is 0 Å². The standard InChI is InChI=1S/C25H31FN2O/c1-18(21-11-10-20-5-2-3-6-22(20)15-21)27-25(29)23-7-4-14-28(17-23)16-19-8-12-24(26)13-9-19/h8-13,15,18,23H,2-7,14,16-17H2,1H3,(H,27,29)/t18-,23-/m0/s1. The Hall–Kier alpha value is -2.20. The molecule has 0 radical (unpaired) electrons.